The Bertz CT molecular complexity index is 540. The van der Waals surface area contributed by atoms with Gasteiger partial charge in [0, 0.05) is 16.6 Å². The molecule has 2 nitrogen and oxygen atoms in total. The minimum absolute atomic E-state index is 0.364. The van der Waals surface area contributed by atoms with E-state index in [-0.39, 0.29) is 5.82 Å². The van der Waals surface area contributed by atoms with Crippen LogP contribution in [0.15, 0.2) is 42.5 Å². The molecule has 2 rings (SSSR count). The van der Waals surface area contributed by atoms with Crippen molar-refractivity contribution in [1.82, 2.24) is 0 Å². The van der Waals surface area contributed by atoms with Crippen LogP contribution in [0.5, 0.6) is 11.5 Å². The zero-order chi connectivity index (χ0) is 13.1. The van der Waals surface area contributed by atoms with Crippen LogP contribution < -0.4 is 10.5 Å². The van der Waals surface area contributed by atoms with E-state index in [9.17, 15) is 4.39 Å². The summed E-state index contributed by atoms with van der Waals surface area (Å²) in [6, 6.07) is 11.1. The number of rotatable bonds is 3. The van der Waals surface area contributed by atoms with E-state index in [1.54, 1.807) is 43.3 Å². The standard InChI is InChI=1S/C14H13ClFNO/c1-9(17)14-12(16)3-2-4-13(14)18-11-7-5-10(15)6-8-11/h2-9H,17H2,1H3/t9-/m1/s1. The van der Waals surface area contributed by atoms with Crippen molar-refractivity contribution in [1.29, 1.82) is 0 Å². The van der Waals surface area contributed by atoms with Crippen molar-refractivity contribution in [2.45, 2.75) is 13.0 Å². The second kappa shape index (κ2) is 5.38. The number of ether oxygens (including phenoxy) is 1. The molecule has 2 aromatic rings. The summed E-state index contributed by atoms with van der Waals surface area (Å²) in [5.74, 6) is 0.649. The topological polar surface area (TPSA) is 35.2 Å². The van der Waals surface area contributed by atoms with Gasteiger partial charge in [0.1, 0.15) is 17.3 Å². The minimum atomic E-state index is -0.437. The Morgan fingerprint density at radius 2 is 1.83 bits per heavy atom. The van der Waals surface area contributed by atoms with Crippen molar-refractivity contribution < 1.29 is 9.13 Å². The molecule has 94 valence electrons. The molecule has 0 saturated heterocycles. The highest BCUT2D eigenvalue weighted by atomic mass is 35.5. The Balaban J connectivity index is 2.34. The van der Waals surface area contributed by atoms with Crippen LogP contribution in [0.1, 0.15) is 18.5 Å². The number of halogens is 2. The molecule has 0 aromatic heterocycles. The zero-order valence-corrected chi connectivity index (χ0v) is 10.6. The van der Waals surface area contributed by atoms with E-state index in [4.69, 9.17) is 22.1 Å². The first-order chi connectivity index (χ1) is 8.58. The fourth-order valence-corrected chi connectivity index (χ4v) is 1.80. The third kappa shape index (κ3) is 2.81. The fourth-order valence-electron chi connectivity index (χ4n) is 1.68. The van der Waals surface area contributed by atoms with Crippen molar-refractivity contribution >= 4 is 11.6 Å². The summed E-state index contributed by atoms with van der Waals surface area (Å²) in [5, 5.41) is 0.619. The van der Waals surface area contributed by atoms with Crippen LogP contribution in [-0.4, -0.2) is 0 Å². The summed E-state index contributed by atoms with van der Waals surface area (Å²) in [7, 11) is 0. The van der Waals surface area contributed by atoms with Gasteiger partial charge in [-0.2, -0.15) is 0 Å². The van der Waals surface area contributed by atoms with E-state index in [2.05, 4.69) is 0 Å². The number of nitrogens with two attached hydrogens (primary N) is 1. The lowest BCUT2D eigenvalue weighted by atomic mass is 10.1. The van der Waals surface area contributed by atoms with Gasteiger partial charge in [0.15, 0.2) is 0 Å². The maximum absolute atomic E-state index is 13.7. The molecular weight excluding hydrogens is 253 g/mol. The van der Waals surface area contributed by atoms with Gasteiger partial charge in [0.2, 0.25) is 0 Å². The summed E-state index contributed by atoms with van der Waals surface area (Å²) in [6.45, 7) is 1.72. The quantitative estimate of drug-likeness (QED) is 0.898. The average Bonchev–Trinajstić information content (AvgIpc) is 2.32. The van der Waals surface area contributed by atoms with E-state index >= 15 is 0 Å². The highest BCUT2D eigenvalue weighted by Gasteiger charge is 2.14. The van der Waals surface area contributed by atoms with Gasteiger partial charge >= 0.3 is 0 Å². The third-order valence-corrected chi connectivity index (χ3v) is 2.76. The van der Waals surface area contributed by atoms with Crippen LogP contribution in [-0.2, 0) is 0 Å². The summed E-state index contributed by atoms with van der Waals surface area (Å²) < 4.78 is 19.3. The predicted molar refractivity (Wildman–Crippen MR) is 70.5 cm³/mol. The molecule has 0 saturated carbocycles. The van der Waals surface area contributed by atoms with Crippen LogP contribution >= 0.6 is 11.6 Å². The Morgan fingerprint density at radius 3 is 2.44 bits per heavy atom. The first-order valence-electron chi connectivity index (χ1n) is 5.55. The highest BCUT2D eigenvalue weighted by Crippen LogP contribution is 2.31. The number of hydrogen-bond acceptors (Lipinski definition) is 2. The average molecular weight is 266 g/mol. The van der Waals surface area contributed by atoms with Crippen LogP contribution in [0, 0.1) is 5.82 Å². The second-order valence-electron chi connectivity index (χ2n) is 4.00. The highest BCUT2D eigenvalue weighted by molar-refractivity contribution is 6.30. The Hall–Kier alpha value is -1.58. The molecule has 0 amide bonds. The lowest BCUT2D eigenvalue weighted by Crippen LogP contribution is -2.09. The van der Waals surface area contributed by atoms with Gasteiger partial charge in [0.05, 0.1) is 0 Å². The molecule has 0 spiro atoms. The fraction of sp³-hybridized carbons (Fsp3) is 0.143. The van der Waals surface area contributed by atoms with Crippen molar-refractivity contribution in [3.05, 3.63) is 58.9 Å². The maximum Gasteiger partial charge on any atom is 0.135 e. The van der Waals surface area contributed by atoms with E-state index in [1.165, 1.54) is 6.07 Å². The van der Waals surface area contributed by atoms with Gasteiger partial charge in [-0.3, -0.25) is 0 Å². The van der Waals surface area contributed by atoms with Gasteiger partial charge in [-0.15, -0.1) is 0 Å². The van der Waals surface area contributed by atoms with E-state index < -0.39 is 6.04 Å². The van der Waals surface area contributed by atoms with E-state index in [0.717, 1.165) is 0 Å². The molecular formula is C14H13ClFNO. The molecule has 2 aromatic carbocycles. The van der Waals surface area contributed by atoms with Crippen molar-refractivity contribution in [2.24, 2.45) is 5.73 Å². The monoisotopic (exact) mass is 265 g/mol. The Morgan fingerprint density at radius 1 is 1.17 bits per heavy atom. The minimum Gasteiger partial charge on any atom is -0.457 e. The molecule has 0 aliphatic heterocycles. The van der Waals surface area contributed by atoms with E-state index in [0.29, 0.717) is 22.1 Å². The summed E-state index contributed by atoms with van der Waals surface area (Å²) >= 11 is 5.79. The van der Waals surface area contributed by atoms with Crippen molar-refractivity contribution in [3.63, 3.8) is 0 Å². The molecule has 18 heavy (non-hydrogen) atoms. The first kappa shape index (κ1) is 12.9. The van der Waals surface area contributed by atoms with Gasteiger partial charge in [-0.25, -0.2) is 4.39 Å². The van der Waals surface area contributed by atoms with Crippen molar-refractivity contribution in [3.8, 4) is 11.5 Å². The molecule has 0 aliphatic carbocycles. The van der Waals surface area contributed by atoms with Crippen LogP contribution in [0.4, 0.5) is 4.39 Å². The second-order valence-corrected chi connectivity index (χ2v) is 4.43. The van der Waals surface area contributed by atoms with Crippen LogP contribution in [0.25, 0.3) is 0 Å². The first-order valence-corrected chi connectivity index (χ1v) is 5.93. The van der Waals surface area contributed by atoms with Gasteiger partial charge in [-0.05, 0) is 43.3 Å². The molecule has 1 atom stereocenters. The number of hydrogen-bond donors (Lipinski definition) is 1. The van der Waals surface area contributed by atoms with Gasteiger partial charge < -0.3 is 10.5 Å². The van der Waals surface area contributed by atoms with Crippen molar-refractivity contribution in [2.75, 3.05) is 0 Å². The lowest BCUT2D eigenvalue weighted by molar-refractivity contribution is 0.461. The molecule has 0 fully saturated rings. The SMILES string of the molecule is C[C@@H](N)c1c(F)cccc1Oc1ccc(Cl)cc1. The molecule has 2 N–H and O–H groups in total. The van der Waals surface area contributed by atoms with Crippen LogP contribution in [0.2, 0.25) is 5.02 Å². The van der Waals surface area contributed by atoms with Gasteiger partial charge in [-0.1, -0.05) is 17.7 Å². The molecule has 0 heterocycles. The predicted octanol–water partition coefficient (Wildman–Crippen LogP) is 4.29. The molecule has 0 unspecified atom stereocenters. The Kier molecular flexibility index (Phi) is 3.84. The summed E-state index contributed by atoms with van der Waals surface area (Å²) in [5.41, 5.74) is 6.12. The maximum atomic E-state index is 13.7. The lowest BCUT2D eigenvalue weighted by Gasteiger charge is -2.14. The van der Waals surface area contributed by atoms with E-state index in [1.807, 2.05) is 0 Å². The van der Waals surface area contributed by atoms with Crippen LogP contribution in [0.3, 0.4) is 0 Å². The summed E-state index contributed by atoms with van der Waals surface area (Å²) in [6.07, 6.45) is 0. The largest absolute Gasteiger partial charge is 0.457 e. The third-order valence-electron chi connectivity index (χ3n) is 2.51. The smallest absolute Gasteiger partial charge is 0.135 e. The Labute approximate surface area is 110 Å². The molecule has 4 heteroatoms. The zero-order valence-electron chi connectivity index (χ0n) is 9.86. The van der Waals surface area contributed by atoms with Gasteiger partial charge in [0.25, 0.3) is 0 Å². The summed E-state index contributed by atoms with van der Waals surface area (Å²) in [4.78, 5) is 0. The molecule has 0 bridgehead atoms. The normalized spacial score (nSPS) is 12.2. The molecule has 0 aliphatic rings. The number of benzene rings is 2. The molecule has 0 radical (unpaired) electrons.